The normalized spacial score (nSPS) is 11.8. The van der Waals surface area contributed by atoms with E-state index in [1.54, 1.807) is 14.0 Å². The Kier molecular flexibility index (Phi) is 4.24. The van der Waals surface area contributed by atoms with Crippen LogP contribution in [0.5, 0.6) is 0 Å². The molecule has 1 rings (SSSR count). The van der Waals surface area contributed by atoms with Crippen LogP contribution in [0.3, 0.4) is 0 Å². The largest absolute Gasteiger partial charge is 0.358 e. The lowest BCUT2D eigenvalue weighted by Gasteiger charge is -2.18. The Balaban J connectivity index is 2.98. The number of amides is 1. The maximum atomic E-state index is 12.1. The first-order valence-corrected chi connectivity index (χ1v) is 6.55. The van der Waals surface area contributed by atoms with Gasteiger partial charge >= 0.3 is 0 Å². The van der Waals surface area contributed by atoms with E-state index in [2.05, 4.69) is 10.4 Å². The van der Waals surface area contributed by atoms with Crippen LogP contribution in [0.15, 0.2) is 17.3 Å². The summed E-state index contributed by atoms with van der Waals surface area (Å²) in [6.07, 6.45) is 2.67. The van der Waals surface area contributed by atoms with E-state index >= 15 is 0 Å². The molecule has 17 heavy (non-hydrogen) atoms. The first kappa shape index (κ1) is 13.7. The molecule has 0 spiro atoms. The van der Waals surface area contributed by atoms with Gasteiger partial charge in [0.25, 0.3) is 0 Å². The van der Waals surface area contributed by atoms with Crippen LogP contribution in [0.1, 0.15) is 6.92 Å². The number of sulfonamides is 1. The lowest BCUT2D eigenvalue weighted by Crippen LogP contribution is -2.39. The van der Waals surface area contributed by atoms with Crippen LogP contribution < -0.4 is 5.32 Å². The molecule has 1 heterocycles. The summed E-state index contributed by atoms with van der Waals surface area (Å²) in [6, 6.07) is 0. The fourth-order valence-corrected chi connectivity index (χ4v) is 2.68. The fourth-order valence-electron chi connectivity index (χ4n) is 1.29. The summed E-state index contributed by atoms with van der Waals surface area (Å²) in [7, 11) is -0.548. The SMILES string of the molecule is CCN(CC(=O)NC)S(=O)(=O)c1cnn(C)c1. The molecule has 0 atom stereocenters. The van der Waals surface area contributed by atoms with Crippen molar-refractivity contribution in [3.05, 3.63) is 12.4 Å². The number of aryl methyl sites for hydroxylation is 1. The van der Waals surface area contributed by atoms with Crippen molar-refractivity contribution in [3.63, 3.8) is 0 Å². The molecule has 1 N–H and O–H groups in total. The predicted octanol–water partition coefficient (Wildman–Crippen LogP) is -0.823. The Labute approximate surface area is 100 Å². The molecular weight excluding hydrogens is 244 g/mol. The van der Waals surface area contributed by atoms with Gasteiger partial charge in [-0.15, -0.1) is 0 Å². The number of aromatic nitrogens is 2. The average Bonchev–Trinajstić information content (AvgIpc) is 2.72. The standard InChI is InChI=1S/C9H16N4O3S/c1-4-13(7-9(14)10-2)17(15,16)8-5-11-12(3)6-8/h5-6H,4,7H2,1-3H3,(H,10,14). The van der Waals surface area contributed by atoms with Gasteiger partial charge < -0.3 is 5.32 Å². The number of hydrogen-bond donors (Lipinski definition) is 1. The average molecular weight is 260 g/mol. The van der Waals surface area contributed by atoms with Crippen LogP contribution in [0.25, 0.3) is 0 Å². The van der Waals surface area contributed by atoms with Gasteiger partial charge in [0, 0.05) is 26.8 Å². The monoisotopic (exact) mass is 260 g/mol. The van der Waals surface area contributed by atoms with Gasteiger partial charge in [0.15, 0.2) is 0 Å². The van der Waals surface area contributed by atoms with Gasteiger partial charge in [0.05, 0.1) is 12.7 Å². The number of rotatable bonds is 5. The fraction of sp³-hybridized carbons (Fsp3) is 0.556. The quantitative estimate of drug-likeness (QED) is 0.749. The zero-order chi connectivity index (χ0) is 13.1. The van der Waals surface area contributed by atoms with Crippen LogP contribution in [0.2, 0.25) is 0 Å². The van der Waals surface area contributed by atoms with E-state index in [1.807, 2.05) is 0 Å². The van der Waals surface area contributed by atoms with Gasteiger partial charge in [-0.1, -0.05) is 6.92 Å². The summed E-state index contributed by atoms with van der Waals surface area (Å²) in [5, 5.41) is 6.20. The minimum atomic E-state index is -3.65. The number of hydrogen-bond acceptors (Lipinski definition) is 4. The minimum Gasteiger partial charge on any atom is -0.358 e. The smallest absolute Gasteiger partial charge is 0.246 e. The minimum absolute atomic E-state index is 0.0887. The van der Waals surface area contributed by atoms with E-state index < -0.39 is 10.0 Å². The van der Waals surface area contributed by atoms with Crippen molar-refractivity contribution in [2.45, 2.75) is 11.8 Å². The third-order valence-corrected chi connectivity index (χ3v) is 4.14. The molecule has 0 radical (unpaired) electrons. The molecule has 0 saturated carbocycles. The molecule has 1 amide bonds. The van der Waals surface area contributed by atoms with Gasteiger partial charge in [-0.05, 0) is 0 Å². The van der Waals surface area contributed by atoms with E-state index in [0.717, 1.165) is 4.31 Å². The molecule has 0 saturated heterocycles. The van der Waals surface area contributed by atoms with Gasteiger partial charge in [-0.25, -0.2) is 8.42 Å². The summed E-state index contributed by atoms with van der Waals surface area (Å²) in [4.78, 5) is 11.3. The van der Waals surface area contributed by atoms with Crippen LogP contribution in [0, 0.1) is 0 Å². The second-order valence-electron chi connectivity index (χ2n) is 3.45. The predicted molar refractivity (Wildman–Crippen MR) is 61.7 cm³/mol. The van der Waals surface area contributed by atoms with Gasteiger partial charge in [-0.3, -0.25) is 9.48 Å². The zero-order valence-electron chi connectivity index (χ0n) is 10.0. The molecule has 0 unspecified atom stereocenters. The number of carbonyl (C=O) groups excluding carboxylic acids is 1. The Bertz CT molecular complexity index is 494. The second kappa shape index (κ2) is 5.28. The topological polar surface area (TPSA) is 84.3 Å². The van der Waals surface area contributed by atoms with E-state index in [4.69, 9.17) is 0 Å². The van der Waals surface area contributed by atoms with Crippen molar-refractivity contribution in [2.24, 2.45) is 7.05 Å². The number of nitrogens with zero attached hydrogens (tertiary/aromatic N) is 3. The highest BCUT2D eigenvalue weighted by molar-refractivity contribution is 7.89. The summed E-state index contributed by atoms with van der Waals surface area (Å²) in [6.45, 7) is 1.71. The van der Waals surface area contributed by atoms with Crippen molar-refractivity contribution in [2.75, 3.05) is 20.1 Å². The van der Waals surface area contributed by atoms with Crippen molar-refractivity contribution in [1.29, 1.82) is 0 Å². The second-order valence-corrected chi connectivity index (χ2v) is 5.39. The molecule has 0 aromatic carbocycles. The van der Waals surface area contributed by atoms with Crippen LogP contribution in [-0.4, -0.2) is 48.5 Å². The molecular formula is C9H16N4O3S. The molecule has 1 aromatic rings. The Morgan fingerprint density at radius 3 is 2.65 bits per heavy atom. The van der Waals surface area contributed by atoms with Crippen molar-refractivity contribution in [1.82, 2.24) is 19.4 Å². The molecule has 0 bridgehead atoms. The number of nitrogens with one attached hydrogen (secondary N) is 1. The first-order valence-electron chi connectivity index (χ1n) is 5.11. The van der Waals surface area contributed by atoms with Gasteiger partial charge in [0.2, 0.25) is 15.9 Å². The molecule has 0 aliphatic rings. The van der Waals surface area contributed by atoms with Crippen molar-refractivity contribution < 1.29 is 13.2 Å². The summed E-state index contributed by atoms with van der Waals surface area (Å²) >= 11 is 0. The molecule has 0 aliphatic carbocycles. The summed E-state index contributed by atoms with van der Waals surface area (Å²) in [5.41, 5.74) is 0. The van der Waals surface area contributed by atoms with E-state index in [9.17, 15) is 13.2 Å². The number of carbonyl (C=O) groups is 1. The molecule has 8 heteroatoms. The van der Waals surface area contributed by atoms with Crippen LogP contribution >= 0.6 is 0 Å². The molecule has 0 aliphatic heterocycles. The molecule has 1 aromatic heterocycles. The Morgan fingerprint density at radius 1 is 1.59 bits per heavy atom. The van der Waals surface area contributed by atoms with Crippen molar-refractivity contribution in [3.8, 4) is 0 Å². The van der Waals surface area contributed by atoms with Gasteiger partial charge in [-0.2, -0.15) is 9.40 Å². The lowest BCUT2D eigenvalue weighted by atomic mass is 10.5. The van der Waals surface area contributed by atoms with E-state index in [0.29, 0.717) is 0 Å². The third kappa shape index (κ3) is 3.04. The highest BCUT2D eigenvalue weighted by Gasteiger charge is 2.25. The van der Waals surface area contributed by atoms with E-state index in [-0.39, 0.29) is 23.9 Å². The highest BCUT2D eigenvalue weighted by Crippen LogP contribution is 2.13. The van der Waals surface area contributed by atoms with Crippen molar-refractivity contribution >= 4 is 15.9 Å². The van der Waals surface area contributed by atoms with E-state index in [1.165, 1.54) is 24.1 Å². The Hall–Kier alpha value is -1.41. The highest BCUT2D eigenvalue weighted by atomic mass is 32.2. The third-order valence-electron chi connectivity index (χ3n) is 2.27. The lowest BCUT2D eigenvalue weighted by molar-refractivity contribution is -0.120. The molecule has 7 nitrogen and oxygen atoms in total. The molecule has 96 valence electrons. The molecule has 0 fully saturated rings. The summed E-state index contributed by atoms with van der Waals surface area (Å²) < 4.78 is 26.7. The van der Waals surface area contributed by atoms with Crippen LogP contribution in [0.4, 0.5) is 0 Å². The zero-order valence-corrected chi connectivity index (χ0v) is 10.9. The maximum absolute atomic E-state index is 12.1. The van der Waals surface area contributed by atoms with Crippen LogP contribution in [-0.2, 0) is 21.9 Å². The maximum Gasteiger partial charge on any atom is 0.246 e. The first-order chi connectivity index (χ1) is 7.91. The number of likely N-dealkylation sites (N-methyl/N-ethyl adjacent to an activating group) is 2. The van der Waals surface area contributed by atoms with Gasteiger partial charge in [0.1, 0.15) is 4.90 Å². The summed E-state index contributed by atoms with van der Waals surface area (Å²) in [5.74, 6) is -0.348. The Morgan fingerprint density at radius 2 is 2.24 bits per heavy atom.